The van der Waals surface area contributed by atoms with Crippen molar-refractivity contribution in [2.24, 2.45) is 5.92 Å². The highest BCUT2D eigenvalue weighted by atomic mass is 16.4. The Kier molecular flexibility index (Phi) is 4.74. The molecular formula is C15H20N2O3. The highest BCUT2D eigenvalue weighted by Gasteiger charge is 2.23. The molecule has 0 fully saturated rings. The van der Waals surface area contributed by atoms with E-state index in [9.17, 15) is 9.59 Å². The van der Waals surface area contributed by atoms with Gasteiger partial charge < -0.3 is 15.7 Å². The highest BCUT2D eigenvalue weighted by molar-refractivity contribution is 5.82. The lowest BCUT2D eigenvalue weighted by Gasteiger charge is -2.25. The van der Waals surface area contributed by atoms with Crippen LogP contribution in [0.4, 0.5) is 0 Å². The van der Waals surface area contributed by atoms with Crippen molar-refractivity contribution in [3.8, 4) is 0 Å². The molecule has 0 aliphatic carbocycles. The van der Waals surface area contributed by atoms with Crippen LogP contribution >= 0.6 is 0 Å². The molecule has 1 aliphatic heterocycles. The second kappa shape index (κ2) is 6.52. The molecule has 3 N–H and O–H groups in total. The van der Waals surface area contributed by atoms with Gasteiger partial charge in [-0.25, -0.2) is 0 Å². The largest absolute Gasteiger partial charge is 0.481 e. The molecule has 0 saturated heterocycles. The Bertz CT molecular complexity index is 502. The number of rotatable bonds is 5. The van der Waals surface area contributed by atoms with Crippen molar-refractivity contribution in [3.63, 3.8) is 0 Å². The van der Waals surface area contributed by atoms with Crippen LogP contribution in [0.1, 0.15) is 24.5 Å². The minimum atomic E-state index is -0.830. The summed E-state index contributed by atoms with van der Waals surface area (Å²) in [6, 6.07) is 7.85. The number of hydrogen-bond donors (Lipinski definition) is 3. The fourth-order valence-corrected chi connectivity index (χ4v) is 2.30. The van der Waals surface area contributed by atoms with Gasteiger partial charge in [0.25, 0.3) is 0 Å². The first-order valence-electron chi connectivity index (χ1n) is 6.88. The smallest absolute Gasteiger partial charge is 0.306 e. The predicted octanol–water partition coefficient (Wildman–Crippen LogP) is 0.928. The van der Waals surface area contributed by atoms with E-state index in [4.69, 9.17) is 5.11 Å². The summed E-state index contributed by atoms with van der Waals surface area (Å²) in [5, 5.41) is 14.8. The van der Waals surface area contributed by atoms with Gasteiger partial charge in [-0.3, -0.25) is 9.59 Å². The third kappa shape index (κ3) is 3.57. The summed E-state index contributed by atoms with van der Waals surface area (Å²) in [5.41, 5.74) is 2.43. The molecule has 1 aliphatic rings. The van der Waals surface area contributed by atoms with Crippen LogP contribution < -0.4 is 10.6 Å². The number of carboxylic acids is 1. The maximum absolute atomic E-state index is 12.0. The fourth-order valence-electron chi connectivity index (χ4n) is 2.30. The maximum Gasteiger partial charge on any atom is 0.306 e. The van der Waals surface area contributed by atoms with Gasteiger partial charge in [0.15, 0.2) is 0 Å². The first-order valence-corrected chi connectivity index (χ1v) is 6.88. The number of hydrogen-bond acceptors (Lipinski definition) is 3. The van der Waals surface area contributed by atoms with Crippen molar-refractivity contribution in [1.82, 2.24) is 10.6 Å². The van der Waals surface area contributed by atoms with Gasteiger partial charge in [-0.05, 0) is 24.0 Å². The number of amides is 1. The lowest BCUT2D eigenvalue weighted by atomic mass is 9.95. The molecule has 1 aromatic rings. The zero-order valence-electron chi connectivity index (χ0n) is 11.6. The van der Waals surface area contributed by atoms with Gasteiger partial charge in [-0.15, -0.1) is 0 Å². The van der Waals surface area contributed by atoms with Crippen molar-refractivity contribution < 1.29 is 14.7 Å². The van der Waals surface area contributed by atoms with Gasteiger partial charge in [0.2, 0.25) is 5.91 Å². The minimum absolute atomic E-state index is 0.0582. The molecule has 0 spiro atoms. The van der Waals surface area contributed by atoms with Crippen LogP contribution in [0.3, 0.4) is 0 Å². The quantitative estimate of drug-likeness (QED) is 0.747. The number of carbonyl (C=O) groups is 2. The van der Waals surface area contributed by atoms with Crippen molar-refractivity contribution in [2.45, 2.75) is 32.4 Å². The summed E-state index contributed by atoms with van der Waals surface area (Å²) < 4.78 is 0. The molecule has 2 rings (SSSR count). The number of nitrogens with one attached hydrogen (secondary N) is 2. The lowest BCUT2D eigenvalue weighted by Crippen LogP contribution is -2.48. The second-order valence-electron chi connectivity index (χ2n) is 5.23. The normalized spacial score (nSPS) is 18.9. The molecule has 0 saturated carbocycles. The Morgan fingerprint density at radius 1 is 1.40 bits per heavy atom. The minimum Gasteiger partial charge on any atom is -0.481 e. The van der Waals surface area contributed by atoms with Crippen LogP contribution in [0, 0.1) is 5.92 Å². The zero-order chi connectivity index (χ0) is 14.5. The number of carbonyl (C=O) groups excluding carboxylic acids is 1. The lowest BCUT2D eigenvalue weighted by molar-refractivity contribution is -0.141. The van der Waals surface area contributed by atoms with Crippen LogP contribution in [-0.4, -0.2) is 29.6 Å². The summed E-state index contributed by atoms with van der Waals surface area (Å²) in [6.45, 7) is 2.73. The van der Waals surface area contributed by atoms with Crippen molar-refractivity contribution in [2.75, 3.05) is 6.54 Å². The summed E-state index contributed by atoms with van der Waals surface area (Å²) in [5.74, 6) is -1.32. The van der Waals surface area contributed by atoms with Gasteiger partial charge >= 0.3 is 5.97 Å². The Labute approximate surface area is 118 Å². The predicted molar refractivity (Wildman–Crippen MR) is 75.2 cm³/mol. The number of aliphatic carboxylic acids is 1. The molecule has 1 unspecified atom stereocenters. The molecule has 108 valence electrons. The van der Waals surface area contributed by atoms with E-state index in [1.165, 1.54) is 11.1 Å². The van der Waals surface area contributed by atoms with Gasteiger partial charge in [0, 0.05) is 13.1 Å². The molecule has 20 heavy (non-hydrogen) atoms. The highest BCUT2D eigenvalue weighted by Crippen LogP contribution is 2.16. The maximum atomic E-state index is 12.0. The molecular weight excluding hydrogens is 256 g/mol. The summed E-state index contributed by atoms with van der Waals surface area (Å²) in [6.07, 6.45) is 1.13. The first kappa shape index (κ1) is 14.5. The van der Waals surface area contributed by atoms with E-state index in [2.05, 4.69) is 16.7 Å². The molecule has 1 amide bonds. The third-order valence-corrected chi connectivity index (χ3v) is 3.70. The molecule has 0 radical (unpaired) electrons. The van der Waals surface area contributed by atoms with Crippen LogP contribution in [0.5, 0.6) is 0 Å². The van der Waals surface area contributed by atoms with E-state index in [1.807, 2.05) is 18.2 Å². The van der Waals surface area contributed by atoms with E-state index in [0.717, 1.165) is 0 Å². The zero-order valence-corrected chi connectivity index (χ0v) is 11.6. The van der Waals surface area contributed by atoms with Gasteiger partial charge in [-0.2, -0.15) is 0 Å². The molecule has 5 nitrogen and oxygen atoms in total. The molecule has 5 heteroatoms. The Hall–Kier alpha value is -1.88. The average molecular weight is 276 g/mol. The third-order valence-electron chi connectivity index (χ3n) is 3.70. The number of benzene rings is 1. The van der Waals surface area contributed by atoms with Crippen LogP contribution in [0.25, 0.3) is 0 Å². The molecule has 2 atom stereocenters. The number of fused-ring (bicyclic) bond motifs is 1. The summed E-state index contributed by atoms with van der Waals surface area (Å²) in [7, 11) is 0. The molecule has 0 aromatic heterocycles. The van der Waals surface area contributed by atoms with E-state index in [0.29, 0.717) is 25.9 Å². The van der Waals surface area contributed by atoms with Gasteiger partial charge in [0.05, 0.1) is 12.0 Å². The summed E-state index contributed by atoms with van der Waals surface area (Å²) in [4.78, 5) is 22.7. The Morgan fingerprint density at radius 3 is 2.80 bits per heavy atom. The van der Waals surface area contributed by atoms with E-state index < -0.39 is 11.9 Å². The van der Waals surface area contributed by atoms with Crippen molar-refractivity contribution >= 4 is 11.9 Å². The van der Waals surface area contributed by atoms with Crippen molar-refractivity contribution in [1.29, 1.82) is 0 Å². The fraction of sp³-hybridized carbons (Fsp3) is 0.467. The van der Waals surface area contributed by atoms with E-state index in [-0.39, 0.29) is 11.9 Å². The SMILES string of the molecule is CC(CCNC(=O)[C@H]1Cc2ccccc2CN1)C(=O)O. The molecule has 1 heterocycles. The van der Waals surface area contributed by atoms with Crippen molar-refractivity contribution in [3.05, 3.63) is 35.4 Å². The first-order chi connectivity index (χ1) is 9.58. The Morgan fingerprint density at radius 2 is 2.10 bits per heavy atom. The second-order valence-corrected chi connectivity index (χ2v) is 5.23. The molecule has 0 bridgehead atoms. The Balaban J connectivity index is 1.81. The topological polar surface area (TPSA) is 78.4 Å². The van der Waals surface area contributed by atoms with Crippen LogP contribution in [0.2, 0.25) is 0 Å². The average Bonchev–Trinajstić information content (AvgIpc) is 2.46. The molecule has 1 aromatic carbocycles. The standard InChI is InChI=1S/C15H20N2O3/c1-10(15(19)20)6-7-16-14(18)13-8-11-4-2-3-5-12(11)9-17-13/h2-5,10,13,17H,6-9H2,1H3,(H,16,18)(H,19,20)/t10?,13-/m1/s1. The summed E-state index contributed by atoms with van der Waals surface area (Å²) >= 11 is 0. The van der Waals surface area contributed by atoms with Crippen LogP contribution in [0.15, 0.2) is 24.3 Å². The van der Waals surface area contributed by atoms with E-state index >= 15 is 0 Å². The van der Waals surface area contributed by atoms with Crippen LogP contribution in [-0.2, 0) is 22.6 Å². The van der Waals surface area contributed by atoms with Gasteiger partial charge in [0.1, 0.15) is 0 Å². The van der Waals surface area contributed by atoms with Gasteiger partial charge in [-0.1, -0.05) is 31.2 Å². The monoisotopic (exact) mass is 276 g/mol. The number of carboxylic acid groups (broad SMARTS) is 1. The van der Waals surface area contributed by atoms with E-state index in [1.54, 1.807) is 6.92 Å².